The number of anilines is 4. The molecule has 6 rings (SSSR count). The molecule has 2 aliphatic rings. The van der Waals surface area contributed by atoms with E-state index in [0.717, 1.165) is 0 Å². The van der Waals surface area contributed by atoms with Gasteiger partial charge in [-0.15, -0.1) is 0 Å². The summed E-state index contributed by atoms with van der Waals surface area (Å²) in [4.78, 5) is 0. The van der Waals surface area contributed by atoms with Gasteiger partial charge in [0.25, 0.3) is 0 Å². The molecule has 0 bridgehead atoms. The Morgan fingerprint density at radius 2 is 0.607 bits per heavy atom. The van der Waals surface area contributed by atoms with Crippen molar-refractivity contribution in [1.29, 1.82) is 0 Å². The molecular formula is C24H18N2Se2. The van der Waals surface area contributed by atoms with E-state index in [2.05, 4.69) is 108 Å². The second-order valence-electron chi connectivity index (χ2n) is 6.44. The number of benzene rings is 4. The van der Waals surface area contributed by atoms with Crippen LogP contribution in [0.3, 0.4) is 0 Å². The first-order valence-electron chi connectivity index (χ1n) is 9.13. The van der Waals surface area contributed by atoms with E-state index in [1.54, 1.807) is 0 Å². The molecule has 0 atom stereocenters. The summed E-state index contributed by atoms with van der Waals surface area (Å²) >= 11 is 0.914. The van der Waals surface area contributed by atoms with Gasteiger partial charge in [0.15, 0.2) is 0 Å². The summed E-state index contributed by atoms with van der Waals surface area (Å²) in [6.45, 7) is 0. The number of nitrogens with one attached hydrogen (secondary N) is 2. The van der Waals surface area contributed by atoms with E-state index in [9.17, 15) is 0 Å². The van der Waals surface area contributed by atoms with E-state index in [-0.39, 0.29) is 0 Å². The molecule has 28 heavy (non-hydrogen) atoms. The van der Waals surface area contributed by atoms with Gasteiger partial charge in [0, 0.05) is 0 Å². The summed E-state index contributed by atoms with van der Waals surface area (Å²) in [5.74, 6) is 0. The SMILES string of the molecule is c1ccc2c(c1)Nc1ccccc1[Se]2.c1ccc2c(c1)Nc1ccccc1[Se]2. The molecule has 0 aromatic heterocycles. The summed E-state index contributed by atoms with van der Waals surface area (Å²) in [5.41, 5.74) is 5.08. The summed E-state index contributed by atoms with van der Waals surface area (Å²) in [5, 5.41) is 6.91. The van der Waals surface area contributed by atoms with Crippen LogP contribution in [0, 0.1) is 0 Å². The van der Waals surface area contributed by atoms with E-state index in [0.29, 0.717) is 29.9 Å². The fourth-order valence-electron chi connectivity index (χ4n) is 3.16. The minimum absolute atomic E-state index is 0.457. The molecule has 0 unspecified atom stereocenters. The van der Waals surface area contributed by atoms with Gasteiger partial charge in [-0.3, -0.25) is 0 Å². The first kappa shape index (κ1) is 17.6. The van der Waals surface area contributed by atoms with Crippen LogP contribution in [0.2, 0.25) is 0 Å². The van der Waals surface area contributed by atoms with Gasteiger partial charge in [-0.1, -0.05) is 0 Å². The van der Waals surface area contributed by atoms with Gasteiger partial charge < -0.3 is 0 Å². The van der Waals surface area contributed by atoms with E-state index < -0.39 is 0 Å². The number of rotatable bonds is 0. The number of fused-ring (bicyclic) bond motifs is 4. The van der Waals surface area contributed by atoms with Crippen molar-refractivity contribution in [1.82, 2.24) is 0 Å². The topological polar surface area (TPSA) is 24.1 Å². The van der Waals surface area contributed by atoms with Crippen LogP contribution in [0.4, 0.5) is 22.7 Å². The Hall–Kier alpha value is -2.48. The van der Waals surface area contributed by atoms with E-state index in [4.69, 9.17) is 0 Å². The zero-order valence-corrected chi connectivity index (χ0v) is 18.5. The first-order valence-corrected chi connectivity index (χ1v) is 12.6. The number of hydrogen-bond donors (Lipinski definition) is 2. The fourth-order valence-corrected chi connectivity index (χ4v) is 7.31. The van der Waals surface area contributed by atoms with Crippen molar-refractivity contribution in [3.63, 3.8) is 0 Å². The maximum absolute atomic E-state index is 3.46. The Kier molecular flexibility index (Phi) is 4.95. The molecule has 2 aliphatic heterocycles. The van der Waals surface area contributed by atoms with Gasteiger partial charge in [0.2, 0.25) is 0 Å². The van der Waals surface area contributed by atoms with Crippen LogP contribution in [-0.2, 0) is 0 Å². The maximum atomic E-state index is 3.46. The summed E-state index contributed by atoms with van der Waals surface area (Å²) in [6.07, 6.45) is 0. The van der Waals surface area contributed by atoms with Gasteiger partial charge in [-0.05, 0) is 0 Å². The molecule has 2 nitrogen and oxygen atoms in total. The average molecular weight is 492 g/mol. The van der Waals surface area contributed by atoms with Crippen LogP contribution in [0.15, 0.2) is 97.1 Å². The monoisotopic (exact) mass is 494 g/mol. The molecular weight excluding hydrogens is 474 g/mol. The third kappa shape index (κ3) is 3.60. The van der Waals surface area contributed by atoms with Crippen molar-refractivity contribution in [3.05, 3.63) is 97.1 Å². The van der Waals surface area contributed by atoms with Crippen molar-refractivity contribution >= 4 is 70.5 Å². The van der Waals surface area contributed by atoms with Gasteiger partial charge in [-0.2, -0.15) is 0 Å². The first-order chi connectivity index (χ1) is 13.9. The molecule has 2 heterocycles. The standard InChI is InChI=1S/2C12H9NSe/c2*1-3-7-11-9(5-1)13-10-6-2-4-8-12(10)14-11/h2*1-8,13H. The molecule has 0 amide bonds. The summed E-state index contributed by atoms with van der Waals surface area (Å²) < 4.78 is 5.77. The predicted molar refractivity (Wildman–Crippen MR) is 122 cm³/mol. The van der Waals surface area contributed by atoms with Crippen LogP contribution in [-0.4, -0.2) is 29.9 Å². The minimum atomic E-state index is 0.457. The Bertz CT molecular complexity index is 875. The molecule has 2 N–H and O–H groups in total. The van der Waals surface area contributed by atoms with Crippen molar-refractivity contribution in [2.75, 3.05) is 10.6 Å². The van der Waals surface area contributed by atoms with Crippen molar-refractivity contribution in [2.45, 2.75) is 0 Å². The van der Waals surface area contributed by atoms with Gasteiger partial charge in [0.1, 0.15) is 0 Å². The van der Waals surface area contributed by atoms with Gasteiger partial charge in [0.05, 0.1) is 0 Å². The molecule has 4 aromatic rings. The summed E-state index contributed by atoms with van der Waals surface area (Å²) in [6, 6.07) is 34.2. The Morgan fingerprint density at radius 1 is 0.357 bits per heavy atom. The fraction of sp³-hybridized carbons (Fsp3) is 0. The normalized spacial score (nSPS) is 12.6. The molecule has 4 aromatic carbocycles. The molecule has 0 aliphatic carbocycles. The molecule has 0 saturated heterocycles. The Morgan fingerprint density at radius 3 is 0.893 bits per heavy atom. The third-order valence-corrected chi connectivity index (χ3v) is 9.36. The third-order valence-electron chi connectivity index (χ3n) is 4.53. The molecule has 0 spiro atoms. The van der Waals surface area contributed by atoms with Crippen LogP contribution in [0.25, 0.3) is 0 Å². The van der Waals surface area contributed by atoms with Crippen molar-refractivity contribution < 1.29 is 0 Å². The van der Waals surface area contributed by atoms with Crippen molar-refractivity contribution in [3.8, 4) is 0 Å². The second-order valence-corrected chi connectivity index (χ2v) is 11.0. The quantitative estimate of drug-likeness (QED) is 0.319. The zero-order chi connectivity index (χ0) is 18.8. The van der Waals surface area contributed by atoms with Gasteiger partial charge >= 0.3 is 178 Å². The van der Waals surface area contributed by atoms with Crippen LogP contribution >= 0.6 is 0 Å². The zero-order valence-electron chi connectivity index (χ0n) is 15.1. The Balaban J connectivity index is 0.000000122. The van der Waals surface area contributed by atoms with Crippen molar-refractivity contribution in [2.24, 2.45) is 0 Å². The summed E-state index contributed by atoms with van der Waals surface area (Å²) in [7, 11) is 0. The second kappa shape index (κ2) is 7.87. The van der Waals surface area contributed by atoms with Crippen LogP contribution in [0.1, 0.15) is 0 Å². The molecule has 0 saturated carbocycles. The Labute approximate surface area is 177 Å². The molecule has 0 fully saturated rings. The van der Waals surface area contributed by atoms with Gasteiger partial charge in [-0.25, -0.2) is 0 Å². The van der Waals surface area contributed by atoms with E-state index in [1.165, 1.54) is 40.6 Å². The predicted octanol–water partition coefficient (Wildman–Crippen LogP) is 2.80. The van der Waals surface area contributed by atoms with E-state index in [1.807, 2.05) is 0 Å². The van der Waals surface area contributed by atoms with E-state index >= 15 is 0 Å². The molecule has 4 heteroatoms. The number of para-hydroxylation sites is 4. The van der Waals surface area contributed by atoms with Crippen LogP contribution < -0.4 is 28.5 Å². The molecule has 136 valence electrons. The number of hydrogen-bond acceptors (Lipinski definition) is 2. The average Bonchev–Trinajstić information content (AvgIpc) is 2.76. The molecule has 0 radical (unpaired) electrons. The van der Waals surface area contributed by atoms with Crippen LogP contribution in [0.5, 0.6) is 0 Å².